The van der Waals surface area contributed by atoms with Gasteiger partial charge in [-0.05, 0) is 67.3 Å². The molecule has 0 bridgehead atoms. The van der Waals surface area contributed by atoms with Gasteiger partial charge in [0.1, 0.15) is 24.1 Å². The highest BCUT2D eigenvalue weighted by Gasteiger charge is 2.34. The minimum Gasteiger partial charge on any atom is -0.497 e. The zero-order valence-electron chi connectivity index (χ0n) is 24.3. The highest BCUT2D eigenvalue weighted by atomic mass is 32.2. The number of amides is 2. The highest BCUT2D eigenvalue weighted by molar-refractivity contribution is 7.92. The van der Waals surface area contributed by atoms with Crippen LogP contribution in [0.4, 0.5) is 5.69 Å². The first-order chi connectivity index (χ1) is 19.7. The zero-order valence-corrected chi connectivity index (χ0v) is 25.1. The van der Waals surface area contributed by atoms with E-state index in [4.69, 9.17) is 9.47 Å². The van der Waals surface area contributed by atoms with E-state index in [0.717, 1.165) is 21.9 Å². The van der Waals surface area contributed by atoms with E-state index in [2.05, 4.69) is 5.32 Å². The number of sulfonamides is 1. The number of carbonyl (C=O) groups excluding carboxylic acids is 2. The number of ether oxygens (including phenoxy) is 2. The van der Waals surface area contributed by atoms with E-state index >= 15 is 0 Å². The van der Waals surface area contributed by atoms with Crippen molar-refractivity contribution in [3.05, 3.63) is 83.9 Å². The van der Waals surface area contributed by atoms with Crippen molar-refractivity contribution in [2.45, 2.75) is 51.1 Å². The molecule has 1 atom stereocenters. The van der Waals surface area contributed by atoms with Crippen LogP contribution < -0.4 is 19.1 Å². The van der Waals surface area contributed by atoms with Crippen LogP contribution in [0.2, 0.25) is 0 Å². The number of carbonyl (C=O) groups is 2. The Morgan fingerprint density at radius 3 is 2.20 bits per heavy atom. The van der Waals surface area contributed by atoms with Gasteiger partial charge in [0.25, 0.3) is 10.0 Å². The standard InChI is InChI=1S/C31H39N3O6S/c1-6-19-32-31(36)27(7-2)33(21-24-14-16-25(39-4)17-15-24)30(35)22-34(28-20-23(3)13-18-29(28)40-5)41(37,38)26-11-9-8-10-12-26/h8-18,20,27H,6-7,19,21-22H2,1-5H3,(H,32,36)/t27-/m1/s1. The van der Waals surface area contributed by atoms with Gasteiger partial charge in [0, 0.05) is 13.1 Å². The molecule has 0 radical (unpaired) electrons. The van der Waals surface area contributed by atoms with Crippen LogP contribution in [0, 0.1) is 6.92 Å². The van der Waals surface area contributed by atoms with E-state index < -0.39 is 28.5 Å². The Bertz CT molecular complexity index is 1410. The molecule has 0 aromatic heterocycles. The molecular weight excluding hydrogens is 542 g/mol. The number of hydrogen-bond acceptors (Lipinski definition) is 6. The summed E-state index contributed by atoms with van der Waals surface area (Å²) in [5, 5.41) is 2.88. The molecule has 0 fully saturated rings. The maximum atomic E-state index is 14.2. The first kappa shape index (κ1) is 31.5. The van der Waals surface area contributed by atoms with Crippen molar-refractivity contribution in [2.24, 2.45) is 0 Å². The van der Waals surface area contributed by atoms with Crippen molar-refractivity contribution in [3.63, 3.8) is 0 Å². The summed E-state index contributed by atoms with van der Waals surface area (Å²) in [4.78, 5) is 28.9. The average molecular weight is 582 g/mol. The topological polar surface area (TPSA) is 105 Å². The molecule has 10 heteroatoms. The van der Waals surface area contributed by atoms with Crippen LogP contribution in [-0.2, 0) is 26.2 Å². The van der Waals surface area contributed by atoms with Crippen LogP contribution >= 0.6 is 0 Å². The lowest BCUT2D eigenvalue weighted by atomic mass is 10.1. The Morgan fingerprint density at radius 1 is 0.927 bits per heavy atom. The Kier molecular flexibility index (Phi) is 11.2. The molecule has 0 saturated heterocycles. The number of benzene rings is 3. The zero-order chi connectivity index (χ0) is 30.0. The quantitative estimate of drug-likeness (QED) is 0.300. The third-order valence-electron chi connectivity index (χ3n) is 6.66. The number of methoxy groups -OCH3 is 2. The molecule has 0 aliphatic rings. The van der Waals surface area contributed by atoms with Gasteiger partial charge in [-0.3, -0.25) is 13.9 Å². The normalized spacial score (nSPS) is 11.8. The minimum absolute atomic E-state index is 0.0331. The van der Waals surface area contributed by atoms with E-state index in [0.29, 0.717) is 24.5 Å². The lowest BCUT2D eigenvalue weighted by Crippen LogP contribution is -2.52. The van der Waals surface area contributed by atoms with Gasteiger partial charge in [-0.1, -0.05) is 50.2 Å². The molecule has 0 spiro atoms. The maximum absolute atomic E-state index is 14.2. The second kappa shape index (κ2) is 14.5. The second-order valence-corrected chi connectivity index (χ2v) is 11.4. The number of nitrogens with zero attached hydrogens (tertiary/aromatic N) is 2. The summed E-state index contributed by atoms with van der Waals surface area (Å²) in [5.74, 6) is 0.146. The molecule has 0 unspecified atom stereocenters. The Hall–Kier alpha value is -4.05. The Labute approximate surface area is 243 Å². The fourth-order valence-electron chi connectivity index (χ4n) is 4.44. The van der Waals surface area contributed by atoms with E-state index in [1.165, 1.54) is 24.1 Å². The van der Waals surface area contributed by atoms with Gasteiger partial charge in [0.2, 0.25) is 11.8 Å². The van der Waals surface area contributed by atoms with Gasteiger partial charge < -0.3 is 19.7 Å². The summed E-state index contributed by atoms with van der Waals surface area (Å²) < 4.78 is 39.9. The van der Waals surface area contributed by atoms with Gasteiger partial charge in [0.05, 0.1) is 24.8 Å². The summed E-state index contributed by atoms with van der Waals surface area (Å²) in [6.45, 7) is 5.64. The van der Waals surface area contributed by atoms with Gasteiger partial charge >= 0.3 is 0 Å². The molecule has 1 N–H and O–H groups in total. The largest absolute Gasteiger partial charge is 0.497 e. The molecule has 0 aliphatic heterocycles. The summed E-state index contributed by atoms with van der Waals surface area (Å²) in [6.07, 6.45) is 1.08. The number of rotatable bonds is 14. The van der Waals surface area contributed by atoms with Gasteiger partial charge in [-0.2, -0.15) is 0 Å². The molecule has 0 aliphatic carbocycles. The van der Waals surface area contributed by atoms with Crippen molar-refractivity contribution >= 4 is 27.5 Å². The molecule has 41 heavy (non-hydrogen) atoms. The molecule has 3 rings (SSSR count). The Balaban J connectivity index is 2.10. The number of nitrogens with one attached hydrogen (secondary N) is 1. The fraction of sp³-hybridized carbons (Fsp3) is 0.355. The molecule has 2 amide bonds. The van der Waals surface area contributed by atoms with Gasteiger partial charge in [0.15, 0.2) is 0 Å². The minimum atomic E-state index is -4.19. The molecular formula is C31H39N3O6S. The van der Waals surface area contributed by atoms with Crippen LogP contribution in [0.25, 0.3) is 0 Å². The van der Waals surface area contributed by atoms with Crippen LogP contribution in [-0.4, -0.2) is 58.5 Å². The summed E-state index contributed by atoms with van der Waals surface area (Å²) in [6, 6.07) is 19.5. The summed E-state index contributed by atoms with van der Waals surface area (Å²) in [5.41, 5.74) is 1.80. The number of aryl methyl sites for hydroxylation is 1. The van der Waals surface area contributed by atoms with Crippen molar-refractivity contribution in [2.75, 3.05) is 31.6 Å². The van der Waals surface area contributed by atoms with E-state index in [1.807, 2.05) is 32.9 Å². The predicted octanol–water partition coefficient (Wildman–Crippen LogP) is 4.54. The average Bonchev–Trinajstić information content (AvgIpc) is 2.99. The first-order valence-corrected chi connectivity index (χ1v) is 15.0. The van der Waals surface area contributed by atoms with Gasteiger partial charge in [-0.25, -0.2) is 8.42 Å². The van der Waals surface area contributed by atoms with Gasteiger partial charge in [-0.15, -0.1) is 0 Å². The molecule has 220 valence electrons. The maximum Gasteiger partial charge on any atom is 0.264 e. The number of hydrogen-bond donors (Lipinski definition) is 1. The third-order valence-corrected chi connectivity index (χ3v) is 8.43. The second-order valence-electron chi connectivity index (χ2n) is 9.58. The lowest BCUT2D eigenvalue weighted by molar-refractivity contribution is -0.140. The van der Waals surface area contributed by atoms with Crippen LogP contribution in [0.5, 0.6) is 11.5 Å². The molecule has 9 nitrogen and oxygen atoms in total. The van der Waals surface area contributed by atoms with Crippen molar-refractivity contribution in [1.82, 2.24) is 10.2 Å². The van der Waals surface area contributed by atoms with Crippen molar-refractivity contribution < 1.29 is 27.5 Å². The van der Waals surface area contributed by atoms with E-state index in [9.17, 15) is 18.0 Å². The van der Waals surface area contributed by atoms with E-state index in [-0.39, 0.29) is 23.0 Å². The lowest BCUT2D eigenvalue weighted by Gasteiger charge is -2.33. The highest BCUT2D eigenvalue weighted by Crippen LogP contribution is 2.33. The van der Waals surface area contributed by atoms with E-state index in [1.54, 1.807) is 55.6 Å². The smallest absolute Gasteiger partial charge is 0.264 e. The fourth-order valence-corrected chi connectivity index (χ4v) is 5.88. The summed E-state index contributed by atoms with van der Waals surface area (Å²) in [7, 11) is -1.18. The Morgan fingerprint density at radius 2 is 1.61 bits per heavy atom. The van der Waals surface area contributed by atoms with Crippen LogP contribution in [0.1, 0.15) is 37.8 Å². The third kappa shape index (κ3) is 7.79. The van der Waals surface area contributed by atoms with Crippen LogP contribution in [0.3, 0.4) is 0 Å². The van der Waals surface area contributed by atoms with Crippen molar-refractivity contribution in [3.8, 4) is 11.5 Å². The number of anilines is 1. The molecule has 0 heterocycles. The van der Waals surface area contributed by atoms with Crippen LogP contribution in [0.15, 0.2) is 77.7 Å². The SMILES string of the molecule is CCCNC(=O)[C@@H](CC)N(Cc1ccc(OC)cc1)C(=O)CN(c1cc(C)ccc1OC)S(=O)(=O)c1ccccc1. The monoisotopic (exact) mass is 581 g/mol. The molecule has 3 aromatic carbocycles. The predicted molar refractivity (Wildman–Crippen MR) is 160 cm³/mol. The van der Waals surface area contributed by atoms with Crippen molar-refractivity contribution in [1.29, 1.82) is 0 Å². The first-order valence-electron chi connectivity index (χ1n) is 13.6. The molecule has 3 aromatic rings. The molecule has 0 saturated carbocycles. The summed E-state index contributed by atoms with van der Waals surface area (Å²) >= 11 is 0.